The van der Waals surface area contributed by atoms with Gasteiger partial charge in [-0.1, -0.05) is 18.6 Å². The molecular weight excluding hydrogens is 378 g/mol. The number of hydrogen-bond acceptors (Lipinski definition) is 4. The third-order valence-corrected chi connectivity index (χ3v) is 6.25. The fraction of sp³-hybridized carbons (Fsp3) is 0.500. The molecule has 2 aromatic rings. The highest BCUT2D eigenvalue weighted by molar-refractivity contribution is 5.93. The van der Waals surface area contributed by atoms with Gasteiger partial charge >= 0.3 is 0 Å². The van der Waals surface area contributed by atoms with Crippen LogP contribution in [0.15, 0.2) is 47.4 Å². The zero-order chi connectivity index (χ0) is 20.8. The zero-order valence-electron chi connectivity index (χ0n) is 17.5. The number of hydrogen-bond donors (Lipinski definition) is 1. The molecule has 2 aliphatic rings. The Morgan fingerprint density at radius 3 is 2.83 bits per heavy atom. The van der Waals surface area contributed by atoms with Gasteiger partial charge in [-0.3, -0.25) is 14.5 Å². The molecule has 1 amide bonds. The van der Waals surface area contributed by atoms with E-state index in [0.29, 0.717) is 25.7 Å². The maximum Gasteiger partial charge on any atom is 0.260 e. The molecule has 160 valence electrons. The zero-order valence-corrected chi connectivity index (χ0v) is 17.5. The second-order valence-corrected chi connectivity index (χ2v) is 8.28. The van der Waals surface area contributed by atoms with Gasteiger partial charge in [0.25, 0.3) is 11.5 Å². The first-order chi connectivity index (χ1) is 14.7. The Kier molecular flexibility index (Phi) is 6.84. The summed E-state index contributed by atoms with van der Waals surface area (Å²) >= 11 is 0. The number of amides is 1. The molecule has 4 rings (SSSR count). The predicted molar refractivity (Wildman–Crippen MR) is 117 cm³/mol. The number of benzene rings is 1. The van der Waals surface area contributed by atoms with Gasteiger partial charge in [0.1, 0.15) is 11.3 Å². The highest BCUT2D eigenvalue weighted by Crippen LogP contribution is 2.23. The number of aryl methyl sites for hydroxylation is 1. The molecule has 3 heterocycles. The number of carbonyl (C=O) groups is 1. The Labute approximate surface area is 177 Å². The number of aromatic nitrogens is 1. The molecule has 2 bridgehead atoms. The van der Waals surface area contributed by atoms with E-state index in [1.54, 1.807) is 18.3 Å². The number of fused-ring (bicyclic) bond motifs is 3. The molecule has 2 aliphatic heterocycles. The van der Waals surface area contributed by atoms with Crippen molar-refractivity contribution in [1.29, 1.82) is 0 Å². The number of H-pyrrole nitrogens is 1. The summed E-state index contributed by atoms with van der Waals surface area (Å²) in [6.45, 7) is 3.69. The van der Waals surface area contributed by atoms with Crippen LogP contribution >= 0.6 is 0 Å². The summed E-state index contributed by atoms with van der Waals surface area (Å²) in [5.74, 6) is 0.696. The third kappa shape index (κ3) is 5.11. The molecule has 1 fully saturated rings. The smallest absolute Gasteiger partial charge is 0.260 e. The van der Waals surface area contributed by atoms with Crippen molar-refractivity contribution in [2.45, 2.75) is 44.6 Å². The van der Waals surface area contributed by atoms with Crippen LogP contribution in [-0.2, 0) is 6.42 Å². The Morgan fingerprint density at radius 1 is 1.00 bits per heavy atom. The van der Waals surface area contributed by atoms with Crippen LogP contribution in [0.1, 0.15) is 48.0 Å². The van der Waals surface area contributed by atoms with E-state index in [0.717, 1.165) is 38.1 Å². The van der Waals surface area contributed by atoms with Gasteiger partial charge in [-0.05, 0) is 68.5 Å². The fourth-order valence-corrected chi connectivity index (χ4v) is 4.58. The fourth-order valence-electron chi connectivity index (χ4n) is 4.58. The number of ether oxygens (including phenoxy) is 1. The van der Waals surface area contributed by atoms with Crippen LogP contribution in [0.25, 0.3) is 0 Å². The van der Waals surface area contributed by atoms with Gasteiger partial charge < -0.3 is 14.6 Å². The van der Waals surface area contributed by atoms with E-state index in [1.165, 1.54) is 24.8 Å². The van der Waals surface area contributed by atoms with Crippen LogP contribution in [0.5, 0.6) is 5.75 Å². The molecule has 1 unspecified atom stereocenters. The minimum absolute atomic E-state index is 0.195. The monoisotopic (exact) mass is 409 g/mol. The van der Waals surface area contributed by atoms with Crippen molar-refractivity contribution in [1.82, 2.24) is 14.8 Å². The van der Waals surface area contributed by atoms with Crippen molar-refractivity contribution in [3.63, 3.8) is 0 Å². The van der Waals surface area contributed by atoms with E-state index in [1.807, 2.05) is 11.0 Å². The normalized spacial score (nSPS) is 21.2. The number of carbonyl (C=O) groups excluding carboxylic acids is 1. The van der Waals surface area contributed by atoms with Crippen molar-refractivity contribution in [2.75, 3.05) is 32.8 Å². The standard InChI is InChI=1S/C24H31N3O3/c28-23-22(9-4-12-25-23)24(29)27-14-5-17-30-21-8-3-6-19(18-21)10-11-20-7-1-2-13-26(20)15-16-27/h3-4,6,8-9,12,18,20H,1-2,5,7,10-11,13-17H2,(H,25,28). The van der Waals surface area contributed by atoms with E-state index >= 15 is 0 Å². The van der Waals surface area contributed by atoms with E-state index < -0.39 is 0 Å². The molecule has 1 saturated heterocycles. The average Bonchev–Trinajstić information content (AvgIpc) is 2.77. The number of piperidine rings is 1. The molecule has 6 heteroatoms. The van der Waals surface area contributed by atoms with Crippen molar-refractivity contribution >= 4 is 5.91 Å². The molecular formula is C24H31N3O3. The summed E-state index contributed by atoms with van der Waals surface area (Å²) in [7, 11) is 0. The van der Waals surface area contributed by atoms with Crippen LogP contribution < -0.4 is 10.3 Å². The maximum absolute atomic E-state index is 13.1. The van der Waals surface area contributed by atoms with Crippen LogP contribution in [0.2, 0.25) is 0 Å². The van der Waals surface area contributed by atoms with Gasteiger partial charge in [0.05, 0.1) is 6.61 Å². The first-order valence-electron chi connectivity index (χ1n) is 11.1. The van der Waals surface area contributed by atoms with Crippen LogP contribution in [0.4, 0.5) is 0 Å². The van der Waals surface area contributed by atoms with Gasteiger partial charge in [0.2, 0.25) is 0 Å². The largest absolute Gasteiger partial charge is 0.494 e. The SMILES string of the molecule is O=C(c1ccc[nH]c1=O)N1CCCOc2cccc(c2)CCC2CCCCN2CC1. The van der Waals surface area contributed by atoms with E-state index in [-0.39, 0.29) is 17.0 Å². The Morgan fingerprint density at radius 2 is 1.93 bits per heavy atom. The minimum Gasteiger partial charge on any atom is -0.494 e. The van der Waals surface area contributed by atoms with Gasteiger partial charge in [-0.25, -0.2) is 0 Å². The molecule has 0 radical (unpaired) electrons. The number of nitrogens with one attached hydrogen (secondary N) is 1. The lowest BCUT2D eigenvalue weighted by molar-refractivity contribution is 0.0681. The first-order valence-corrected chi connectivity index (χ1v) is 11.1. The van der Waals surface area contributed by atoms with Crippen LogP contribution in [0, 0.1) is 0 Å². The summed E-state index contributed by atoms with van der Waals surface area (Å²) in [6.07, 6.45) is 8.14. The first kappa shape index (κ1) is 20.7. The topological polar surface area (TPSA) is 65.6 Å². The molecule has 30 heavy (non-hydrogen) atoms. The summed E-state index contributed by atoms with van der Waals surface area (Å²) in [5, 5.41) is 0. The van der Waals surface area contributed by atoms with Gasteiger partial charge in [0, 0.05) is 31.9 Å². The van der Waals surface area contributed by atoms with Crippen molar-refractivity contribution in [3.05, 3.63) is 64.1 Å². The Bertz CT molecular complexity index is 910. The van der Waals surface area contributed by atoms with Crippen molar-refractivity contribution < 1.29 is 9.53 Å². The van der Waals surface area contributed by atoms with E-state index in [2.05, 4.69) is 28.1 Å². The highest BCUT2D eigenvalue weighted by atomic mass is 16.5. The molecule has 0 aliphatic carbocycles. The molecule has 6 nitrogen and oxygen atoms in total. The number of rotatable bonds is 1. The van der Waals surface area contributed by atoms with Crippen molar-refractivity contribution in [3.8, 4) is 5.75 Å². The average molecular weight is 410 g/mol. The highest BCUT2D eigenvalue weighted by Gasteiger charge is 2.25. The molecule has 1 aromatic carbocycles. The number of pyridine rings is 1. The van der Waals surface area contributed by atoms with E-state index in [9.17, 15) is 9.59 Å². The molecule has 0 saturated carbocycles. The molecule has 1 atom stereocenters. The van der Waals surface area contributed by atoms with Crippen LogP contribution in [-0.4, -0.2) is 59.5 Å². The number of nitrogens with zero attached hydrogens (tertiary/aromatic N) is 2. The summed E-state index contributed by atoms with van der Waals surface area (Å²) in [4.78, 5) is 32.2. The predicted octanol–water partition coefficient (Wildman–Crippen LogP) is 3.09. The summed E-state index contributed by atoms with van der Waals surface area (Å²) in [5.41, 5.74) is 1.21. The Hall–Kier alpha value is -2.60. The molecule has 0 spiro atoms. The third-order valence-electron chi connectivity index (χ3n) is 6.25. The second-order valence-electron chi connectivity index (χ2n) is 8.28. The maximum atomic E-state index is 13.1. The second kappa shape index (κ2) is 9.94. The minimum atomic E-state index is -0.328. The lowest BCUT2D eigenvalue weighted by Gasteiger charge is -2.37. The molecule has 1 N–H and O–H groups in total. The summed E-state index contributed by atoms with van der Waals surface area (Å²) in [6, 6.07) is 12.2. The van der Waals surface area contributed by atoms with Crippen LogP contribution in [0.3, 0.4) is 0 Å². The quantitative estimate of drug-likeness (QED) is 0.786. The van der Waals surface area contributed by atoms with Gasteiger partial charge in [0.15, 0.2) is 0 Å². The Balaban J connectivity index is 1.54. The number of aromatic amines is 1. The van der Waals surface area contributed by atoms with Gasteiger partial charge in [-0.15, -0.1) is 0 Å². The summed E-state index contributed by atoms with van der Waals surface area (Å²) < 4.78 is 5.94. The van der Waals surface area contributed by atoms with Crippen molar-refractivity contribution in [2.24, 2.45) is 0 Å². The van der Waals surface area contributed by atoms with Gasteiger partial charge in [-0.2, -0.15) is 0 Å². The van der Waals surface area contributed by atoms with E-state index in [4.69, 9.17) is 4.74 Å². The molecule has 1 aromatic heterocycles. The lowest BCUT2D eigenvalue weighted by atomic mass is 9.95. The lowest BCUT2D eigenvalue weighted by Crippen LogP contribution is -2.46.